The van der Waals surface area contributed by atoms with Crippen LogP contribution in [0.5, 0.6) is 0 Å². The van der Waals surface area contributed by atoms with Gasteiger partial charge in [0.15, 0.2) is 0 Å². The Morgan fingerprint density at radius 1 is 0.526 bits per heavy atom. The molecule has 0 unspecified atom stereocenters. The summed E-state index contributed by atoms with van der Waals surface area (Å²) in [5.41, 5.74) is 8.11. The largest absolute Gasteiger partial charge is 2.00 e. The molecule has 2 heteroatoms. The van der Waals surface area contributed by atoms with Crippen molar-refractivity contribution in [1.82, 2.24) is 0 Å². The molecule has 0 nitrogen and oxygen atoms in total. The van der Waals surface area contributed by atoms with Crippen LogP contribution in [0.3, 0.4) is 0 Å². The molecule has 0 aliphatic heterocycles. The number of hydrogen-bond acceptors (Lipinski definition) is 0. The molecule has 0 heterocycles. The molecular formula is C36H36SiZr. The van der Waals surface area contributed by atoms with Gasteiger partial charge in [-0.3, -0.25) is 0 Å². The zero-order valence-electron chi connectivity index (χ0n) is 23.0. The fourth-order valence-electron chi connectivity index (χ4n) is 4.74. The number of fused-ring (bicyclic) bond motifs is 2. The summed E-state index contributed by atoms with van der Waals surface area (Å²) in [4.78, 5) is 0. The number of aryl methyl sites for hydroxylation is 2. The van der Waals surface area contributed by atoms with E-state index < -0.39 is 0 Å². The van der Waals surface area contributed by atoms with Crippen molar-refractivity contribution in [3.05, 3.63) is 132 Å². The van der Waals surface area contributed by atoms with Crippen molar-refractivity contribution in [3.63, 3.8) is 0 Å². The first kappa shape index (κ1) is 29.8. The van der Waals surface area contributed by atoms with Gasteiger partial charge in [-0.1, -0.05) is 111 Å². The van der Waals surface area contributed by atoms with Crippen LogP contribution in [0.4, 0.5) is 0 Å². The molecule has 6 aromatic carbocycles. The van der Waals surface area contributed by atoms with E-state index in [-0.39, 0.29) is 26.2 Å². The van der Waals surface area contributed by atoms with Crippen molar-refractivity contribution in [1.29, 1.82) is 0 Å². The fraction of sp³-hybridized carbons (Fsp3) is 0.167. The maximum atomic E-state index is 2.32. The number of hydrogen-bond donors (Lipinski definition) is 0. The van der Waals surface area contributed by atoms with Crippen molar-refractivity contribution in [2.24, 2.45) is 0 Å². The third-order valence-corrected chi connectivity index (χ3v) is 6.61. The van der Waals surface area contributed by atoms with E-state index >= 15 is 0 Å². The van der Waals surface area contributed by atoms with Crippen LogP contribution in [-0.4, -0.2) is 9.52 Å². The van der Waals surface area contributed by atoms with Crippen molar-refractivity contribution in [3.8, 4) is 22.3 Å². The van der Waals surface area contributed by atoms with E-state index in [1.807, 2.05) is 0 Å². The van der Waals surface area contributed by atoms with Crippen LogP contribution in [-0.2, 0) is 39.0 Å². The average Bonchev–Trinajstić information content (AvgIpc) is 3.58. The van der Waals surface area contributed by atoms with Gasteiger partial charge in [0.05, 0.1) is 0 Å². The van der Waals surface area contributed by atoms with Gasteiger partial charge in [0.2, 0.25) is 0 Å². The van der Waals surface area contributed by atoms with Gasteiger partial charge in [-0.05, 0) is 24.0 Å². The standard InChI is InChI=1S/2C17H15.C2H6Si.Zr/c2*1-2-13-11-15-9-6-10-16(17(15)12-13)14-7-4-3-5-8-14;1-3-2;/h2*3-12H,2H2,1H3;1-2H3;/q2*-1;;+2. The summed E-state index contributed by atoms with van der Waals surface area (Å²) >= 11 is 0. The summed E-state index contributed by atoms with van der Waals surface area (Å²) in [6, 6.07) is 43.5. The van der Waals surface area contributed by atoms with Gasteiger partial charge in [0.1, 0.15) is 0 Å². The Hall–Kier alpha value is -2.80. The van der Waals surface area contributed by atoms with E-state index in [4.69, 9.17) is 0 Å². The van der Waals surface area contributed by atoms with E-state index in [9.17, 15) is 0 Å². The topological polar surface area (TPSA) is 0 Å². The summed E-state index contributed by atoms with van der Waals surface area (Å²) in [5, 5.41) is 5.44. The molecule has 0 aromatic heterocycles. The maximum Gasteiger partial charge on any atom is 2.00 e. The zero-order valence-corrected chi connectivity index (χ0v) is 26.4. The van der Waals surface area contributed by atoms with Gasteiger partial charge in [-0.25, -0.2) is 0 Å². The summed E-state index contributed by atoms with van der Waals surface area (Å²) in [6.45, 7) is 8.72. The minimum atomic E-state index is 0. The van der Waals surface area contributed by atoms with Crippen LogP contribution in [0.1, 0.15) is 25.0 Å². The van der Waals surface area contributed by atoms with Gasteiger partial charge < -0.3 is 0 Å². The Bertz CT molecular complexity index is 1410. The van der Waals surface area contributed by atoms with Crippen LogP contribution in [0.25, 0.3) is 43.8 Å². The molecule has 0 bridgehead atoms. The second kappa shape index (κ2) is 15.0. The molecule has 6 aromatic rings. The van der Waals surface area contributed by atoms with E-state index in [0.29, 0.717) is 0 Å². The second-order valence-electron chi connectivity index (χ2n) is 9.28. The Kier molecular flexibility index (Phi) is 11.7. The maximum absolute atomic E-state index is 2.32. The Balaban J connectivity index is 0.000000187. The molecule has 0 saturated carbocycles. The SMILES string of the molecule is CCc1cc2c(-c3ccccc3)cccc2[cH-]1.CCc1cc2c(-c3ccccc3)cccc2[cH-]1.C[Si]C.[Zr+2]. The average molecular weight is 588 g/mol. The first-order chi connectivity index (χ1) is 18.2. The number of benzene rings is 4. The van der Waals surface area contributed by atoms with Crippen molar-refractivity contribution >= 4 is 31.1 Å². The predicted molar refractivity (Wildman–Crippen MR) is 166 cm³/mol. The summed E-state index contributed by atoms with van der Waals surface area (Å²) < 4.78 is 0. The molecule has 0 fully saturated rings. The molecular weight excluding hydrogens is 552 g/mol. The number of rotatable bonds is 4. The molecule has 2 radical (unpaired) electrons. The van der Waals surface area contributed by atoms with Gasteiger partial charge in [-0.15, -0.1) is 69.1 Å². The van der Waals surface area contributed by atoms with Gasteiger partial charge in [0.25, 0.3) is 0 Å². The Morgan fingerprint density at radius 2 is 0.895 bits per heavy atom. The normalized spacial score (nSPS) is 10.2. The van der Waals surface area contributed by atoms with Gasteiger partial charge >= 0.3 is 26.2 Å². The van der Waals surface area contributed by atoms with Crippen LogP contribution in [0.15, 0.2) is 121 Å². The van der Waals surface area contributed by atoms with Gasteiger partial charge in [0, 0.05) is 9.52 Å². The molecule has 0 atom stereocenters. The second-order valence-corrected chi connectivity index (χ2v) is 10.3. The minimum absolute atomic E-state index is 0. The molecule has 188 valence electrons. The molecule has 6 rings (SSSR count). The molecule has 0 saturated heterocycles. The molecule has 0 aliphatic rings. The fourth-order valence-corrected chi connectivity index (χ4v) is 4.74. The summed E-state index contributed by atoms with van der Waals surface area (Å²) in [5.74, 6) is 0. The molecule has 0 N–H and O–H groups in total. The first-order valence-corrected chi connectivity index (χ1v) is 15.2. The van der Waals surface area contributed by atoms with E-state index in [1.54, 1.807) is 0 Å². The van der Waals surface area contributed by atoms with Crippen LogP contribution in [0, 0.1) is 0 Å². The van der Waals surface area contributed by atoms with Crippen molar-refractivity contribution in [2.45, 2.75) is 39.8 Å². The predicted octanol–water partition coefficient (Wildman–Crippen LogP) is 10.4. The van der Waals surface area contributed by atoms with Crippen LogP contribution < -0.4 is 0 Å². The van der Waals surface area contributed by atoms with Crippen LogP contribution in [0.2, 0.25) is 13.1 Å². The monoisotopic (exact) mass is 586 g/mol. The molecule has 38 heavy (non-hydrogen) atoms. The summed E-state index contributed by atoms with van der Waals surface area (Å²) in [6.07, 6.45) is 2.20. The van der Waals surface area contributed by atoms with E-state index in [1.165, 1.54) is 54.9 Å². The molecule has 0 amide bonds. The van der Waals surface area contributed by atoms with Gasteiger partial charge in [-0.2, -0.15) is 12.1 Å². The zero-order chi connectivity index (χ0) is 26.0. The Labute approximate surface area is 250 Å². The molecule has 0 spiro atoms. The van der Waals surface area contributed by atoms with Crippen LogP contribution >= 0.6 is 0 Å². The third kappa shape index (κ3) is 7.19. The third-order valence-electron chi connectivity index (χ3n) is 6.61. The minimum Gasteiger partial charge on any atom is -0.164 e. The Morgan fingerprint density at radius 3 is 1.24 bits per heavy atom. The van der Waals surface area contributed by atoms with E-state index in [0.717, 1.165) is 22.4 Å². The van der Waals surface area contributed by atoms with Crippen molar-refractivity contribution in [2.75, 3.05) is 0 Å². The summed E-state index contributed by atoms with van der Waals surface area (Å²) in [7, 11) is 1.08. The van der Waals surface area contributed by atoms with Crippen molar-refractivity contribution < 1.29 is 26.2 Å². The van der Waals surface area contributed by atoms with E-state index in [2.05, 4.69) is 148 Å². The molecule has 0 aliphatic carbocycles. The first-order valence-electron chi connectivity index (χ1n) is 13.2. The smallest absolute Gasteiger partial charge is 0.164 e. The quantitative estimate of drug-likeness (QED) is 0.142.